The summed E-state index contributed by atoms with van der Waals surface area (Å²) < 4.78 is 41.2. The van der Waals surface area contributed by atoms with Gasteiger partial charge in [-0.15, -0.1) is 4.67 Å². The number of hydrogen-bond donors (Lipinski definition) is 1. The number of rotatable bonds is 5. The molecule has 0 aliphatic rings. The molecule has 0 saturated carbocycles. The Bertz CT molecular complexity index is 535. The zero-order chi connectivity index (χ0) is 15.8. The largest absolute Gasteiger partial charge is 0.354 e. The van der Waals surface area contributed by atoms with Crippen LogP contribution in [0.4, 0.5) is 0 Å². The molecule has 1 unspecified atom stereocenters. The van der Waals surface area contributed by atoms with E-state index in [0.717, 1.165) is 6.66 Å². The van der Waals surface area contributed by atoms with Gasteiger partial charge in [0.15, 0.2) is 0 Å². The third-order valence-electron chi connectivity index (χ3n) is 1.86. The van der Waals surface area contributed by atoms with Crippen molar-refractivity contribution in [1.29, 1.82) is 0 Å². The van der Waals surface area contributed by atoms with E-state index in [1.54, 1.807) is 0 Å². The van der Waals surface area contributed by atoms with Gasteiger partial charge < -0.3 is 4.89 Å². The molecule has 1 aromatic rings. The molecule has 0 radical (unpaired) electrons. The van der Waals surface area contributed by atoms with Crippen LogP contribution >= 0.6 is 19.2 Å². The van der Waals surface area contributed by atoms with E-state index in [9.17, 15) is 13.0 Å². The van der Waals surface area contributed by atoms with Gasteiger partial charge in [-0.1, -0.05) is 42.6 Å². The van der Waals surface area contributed by atoms with Crippen molar-refractivity contribution in [3.8, 4) is 0 Å². The molecule has 0 heterocycles. The predicted octanol–water partition coefficient (Wildman–Crippen LogP) is 3.60. The zero-order valence-electron chi connectivity index (χ0n) is 11.4. The summed E-state index contributed by atoms with van der Waals surface area (Å²) in [5.74, 6) is 0. The maximum atomic E-state index is 11.4. The van der Waals surface area contributed by atoms with Crippen molar-refractivity contribution in [1.82, 2.24) is 0 Å². The van der Waals surface area contributed by atoms with Gasteiger partial charge in [0.25, 0.3) is 0 Å². The summed E-state index contributed by atoms with van der Waals surface area (Å²) in [5, 5.41) is 0.350. The first-order chi connectivity index (χ1) is 9.12. The van der Waals surface area contributed by atoms with Crippen LogP contribution in [0.5, 0.6) is 0 Å². The molecule has 9 heteroatoms. The van der Waals surface area contributed by atoms with Gasteiger partial charge in [-0.2, -0.15) is 8.42 Å². The number of benzene rings is 1. The standard InChI is InChI=1S/C7H8ClO6PS.C4H10/c1-15(9,10)13-14-16(11,12)7-4-2-6(8)3-5-7;1-3-4-2/h2-5H,1H3,(H,9,10);3-4H2,1-2H3. The second-order valence-corrected chi connectivity index (χ2v) is 7.56. The Balaban J connectivity index is 0.000000796. The van der Waals surface area contributed by atoms with Gasteiger partial charge in [-0.3, -0.25) is 4.57 Å². The van der Waals surface area contributed by atoms with Crippen molar-refractivity contribution in [2.75, 3.05) is 6.66 Å². The Labute approximate surface area is 124 Å². The summed E-state index contributed by atoms with van der Waals surface area (Å²) >= 11 is 5.56. The molecule has 0 bridgehead atoms. The Morgan fingerprint density at radius 1 is 1.20 bits per heavy atom. The topological polar surface area (TPSA) is 89.9 Å². The van der Waals surface area contributed by atoms with Crippen LogP contribution in [-0.4, -0.2) is 20.0 Å². The molecule has 0 aromatic heterocycles. The van der Waals surface area contributed by atoms with Crippen LogP contribution in [0.2, 0.25) is 5.02 Å². The first kappa shape index (κ1) is 19.6. The molecule has 116 valence electrons. The van der Waals surface area contributed by atoms with Crippen molar-refractivity contribution in [2.24, 2.45) is 0 Å². The molecule has 0 aliphatic heterocycles. The summed E-state index contributed by atoms with van der Waals surface area (Å²) in [6.45, 7) is 5.16. The average Bonchev–Trinajstić information content (AvgIpc) is 2.37. The lowest BCUT2D eigenvalue weighted by molar-refractivity contribution is -0.100. The van der Waals surface area contributed by atoms with Crippen molar-refractivity contribution in [3.63, 3.8) is 0 Å². The van der Waals surface area contributed by atoms with E-state index in [4.69, 9.17) is 16.5 Å². The van der Waals surface area contributed by atoms with E-state index in [0.29, 0.717) is 5.02 Å². The fraction of sp³-hybridized carbons (Fsp3) is 0.455. The third-order valence-corrected chi connectivity index (χ3v) is 3.66. The Morgan fingerprint density at radius 2 is 1.65 bits per heavy atom. The van der Waals surface area contributed by atoms with Crippen molar-refractivity contribution in [3.05, 3.63) is 29.3 Å². The van der Waals surface area contributed by atoms with Crippen molar-refractivity contribution >= 4 is 29.3 Å². The van der Waals surface area contributed by atoms with E-state index in [-0.39, 0.29) is 4.90 Å². The molecule has 0 aliphatic carbocycles. The third kappa shape index (κ3) is 8.68. The molecule has 0 saturated heterocycles. The van der Waals surface area contributed by atoms with E-state index in [2.05, 4.69) is 22.9 Å². The number of hydrogen-bond acceptors (Lipinski definition) is 5. The smallest absolute Gasteiger partial charge is 0.323 e. The Hall–Kier alpha value is -0.430. The summed E-state index contributed by atoms with van der Waals surface area (Å²) in [7, 11) is -8.24. The molecular formula is C11H18ClO6PS. The molecule has 1 atom stereocenters. The van der Waals surface area contributed by atoms with Crippen LogP contribution in [0.3, 0.4) is 0 Å². The van der Waals surface area contributed by atoms with Crippen LogP contribution in [0, 0.1) is 0 Å². The Morgan fingerprint density at radius 3 is 2.00 bits per heavy atom. The van der Waals surface area contributed by atoms with Crippen molar-refractivity contribution in [2.45, 2.75) is 31.6 Å². The summed E-state index contributed by atoms with van der Waals surface area (Å²) in [6, 6.07) is 5.03. The molecule has 1 aromatic carbocycles. The van der Waals surface area contributed by atoms with Crippen LogP contribution in [0.15, 0.2) is 29.2 Å². The van der Waals surface area contributed by atoms with E-state index >= 15 is 0 Å². The highest BCUT2D eigenvalue weighted by atomic mass is 35.5. The first-order valence-electron chi connectivity index (χ1n) is 5.81. The van der Waals surface area contributed by atoms with Gasteiger partial charge in [-0.05, 0) is 24.3 Å². The maximum Gasteiger partial charge on any atom is 0.354 e. The highest BCUT2D eigenvalue weighted by Gasteiger charge is 2.21. The SMILES string of the molecule is CCCC.CP(=O)(O)OOS(=O)(=O)c1ccc(Cl)cc1. The molecule has 1 rings (SSSR count). The van der Waals surface area contributed by atoms with Gasteiger partial charge in [0.05, 0.1) is 4.90 Å². The second-order valence-electron chi connectivity index (χ2n) is 3.85. The normalized spacial score (nSPS) is 14.1. The molecule has 1 N–H and O–H groups in total. The fourth-order valence-electron chi connectivity index (χ4n) is 0.737. The molecular weight excluding hydrogens is 327 g/mol. The van der Waals surface area contributed by atoms with Gasteiger partial charge >= 0.3 is 17.7 Å². The molecule has 6 nitrogen and oxygen atoms in total. The van der Waals surface area contributed by atoms with Gasteiger partial charge in [-0.25, -0.2) is 0 Å². The number of halogens is 1. The minimum absolute atomic E-state index is 0.231. The first-order valence-corrected chi connectivity index (χ1v) is 9.62. The Kier molecular flexibility index (Phi) is 8.58. The average molecular weight is 345 g/mol. The van der Waals surface area contributed by atoms with Gasteiger partial charge in [0, 0.05) is 11.7 Å². The lowest BCUT2D eigenvalue weighted by atomic mass is 10.4. The molecule has 0 amide bonds. The van der Waals surface area contributed by atoms with E-state index in [1.807, 2.05) is 0 Å². The van der Waals surface area contributed by atoms with Gasteiger partial charge in [0.2, 0.25) is 0 Å². The molecule has 20 heavy (non-hydrogen) atoms. The highest BCUT2D eigenvalue weighted by Crippen LogP contribution is 2.38. The maximum absolute atomic E-state index is 11.4. The van der Waals surface area contributed by atoms with Crippen molar-refractivity contribution < 1.29 is 26.9 Å². The minimum Gasteiger partial charge on any atom is -0.323 e. The lowest BCUT2D eigenvalue weighted by Crippen LogP contribution is -2.05. The summed E-state index contributed by atoms with van der Waals surface area (Å²) in [6.07, 6.45) is 2.64. The van der Waals surface area contributed by atoms with Gasteiger partial charge in [0.1, 0.15) is 0 Å². The number of unbranched alkanes of at least 4 members (excludes halogenated alkanes) is 1. The molecule has 0 fully saturated rings. The zero-order valence-corrected chi connectivity index (χ0v) is 13.9. The molecule has 0 spiro atoms. The van der Waals surface area contributed by atoms with Crippen LogP contribution in [0.1, 0.15) is 26.7 Å². The van der Waals surface area contributed by atoms with Crippen LogP contribution in [-0.2, 0) is 23.7 Å². The minimum atomic E-state index is -4.22. The quantitative estimate of drug-likeness (QED) is 0.498. The van der Waals surface area contributed by atoms with E-state index < -0.39 is 17.7 Å². The second kappa shape index (κ2) is 8.77. The lowest BCUT2D eigenvalue weighted by Gasteiger charge is -2.06. The monoisotopic (exact) mass is 344 g/mol. The van der Waals surface area contributed by atoms with Crippen LogP contribution < -0.4 is 0 Å². The van der Waals surface area contributed by atoms with Crippen LogP contribution in [0.25, 0.3) is 0 Å². The highest BCUT2D eigenvalue weighted by molar-refractivity contribution is 7.86. The summed E-state index contributed by atoms with van der Waals surface area (Å²) in [4.78, 5) is 8.46. The predicted molar refractivity (Wildman–Crippen MR) is 77.1 cm³/mol. The summed E-state index contributed by atoms with van der Waals surface area (Å²) in [5.41, 5.74) is 0. The van der Waals surface area contributed by atoms with E-state index in [1.165, 1.54) is 37.1 Å². The fourth-order valence-corrected chi connectivity index (χ4v) is 2.18.